The first-order valence-corrected chi connectivity index (χ1v) is 11.7. The molecule has 3 N–H and O–H groups in total. The van der Waals surface area contributed by atoms with Crippen molar-refractivity contribution in [2.75, 3.05) is 11.9 Å². The number of nitrogens with one attached hydrogen (secondary N) is 3. The van der Waals surface area contributed by atoms with Crippen molar-refractivity contribution in [1.29, 1.82) is 0 Å². The summed E-state index contributed by atoms with van der Waals surface area (Å²) in [4.78, 5) is 23.4. The van der Waals surface area contributed by atoms with Crippen molar-refractivity contribution in [2.24, 2.45) is 0 Å². The molecule has 2 amide bonds. The van der Waals surface area contributed by atoms with Crippen molar-refractivity contribution in [1.82, 2.24) is 10.0 Å². The van der Waals surface area contributed by atoms with Gasteiger partial charge in [0.25, 0.3) is 5.91 Å². The van der Waals surface area contributed by atoms with Gasteiger partial charge in [-0.15, -0.1) is 0 Å². The van der Waals surface area contributed by atoms with Gasteiger partial charge in [0.1, 0.15) is 5.82 Å². The molecular formula is C24H24FN3O4S. The Morgan fingerprint density at radius 3 is 2.21 bits per heavy atom. The van der Waals surface area contributed by atoms with Crippen molar-refractivity contribution in [2.45, 2.75) is 24.8 Å². The van der Waals surface area contributed by atoms with Crippen LogP contribution in [0.15, 0.2) is 77.7 Å². The minimum Gasteiger partial charge on any atom is -0.352 e. The maximum absolute atomic E-state index is 13.6. The van der Waals surface area contributed by atoms with Crippen LogP contribution in [0, 0.1) is 5.82 Å². The molecule has 0 bridgehead atoms. The third-order valence-electron chi connectivity index (χ3n) is 4.81. The fourth-order valence-corrected chi connectivity index (χ4v) is 4.09. The summed E-state index contributed by atoms with van der Waals surface area (Å²) < 4.78 is 41.1. The highest BCUT2D eigenvalue weighted by Gasteiger charge is 2.14. The fourth-order valence-electron chi connectivity index (χ4n) is 3.07. The van der Waals surface area contributed by atoms with E-state index in [0.29, 0.717) is 35.3 Å². The number of rotatable bonds is 9. The molecule has 3 aromatic rings. The van der Waals surface area contributed by atoms with E-state index in [-0.39, 0.29) is 29.1 Å². The molecule has 0 aromatic heterocycles. The molecule has 7 nitrogen and oxygen atoms in total. The van der Waals surface area contributed by atoms with Crippen LogP contribution in [0.5, 0.6) is 0 Å². The van der Waals surface area contributed by atoms with Crippen molar-refractivity contribution >= 4 is 27.5 Å². The van der Waals surface area contributed by atoms with Gasteiger partial charge in [0.15, 0.2) is 0 Å². The van der Waals surface area contributed by atoms with Gasteiger partial charge in [-0.1, -0.05) is 30.3 Å². The first-order chi connectivity index (χ1) is 15.7. The lowest BCUT2D eigenvalue weighted by molar-refractivity contribution is -0.114. The molecule has 0 aliphatic carbocycles. The van der Waals surface area contributed by atoms with E-state index in [2.05, 4.69) is 15.4 Å². The van der Waals surface area contributed by atoms with E-state index < -0.39 is 10.0 Å². The summed E-state index contributed by atoms with van der Waals surface area (Å²) in [5, 5.41) is 5.32. The number of carbonyl (C=O) groups is 2. The number of anilines is 1. The van der Waals surface area contributed by atoms with Crippen LogP contribution in [-0.2, 0) is 27.8 Å². The standard InChI is InChI=1S/C24H24FN3O4S/c1-17(29)28-21-10-12-22(13-11-21)33(31,32)27-16-18-6-8-20(9-7-18)24(30)26-15-14-19-4-2-3-5-23(19)25/h2-13,27H,14-16H2,1H3,(H,26,30)(H,28,29). The molecule has 172 valence electrons. The maximum atomic E-state index is 13.6. The smallest absolute Gasteiger partial charge is 0.251 e. The Morgan fingerprint density at radius 1 is 0.909 bits per heavy atom. The van der Waals surface area contributed by atoms with Crippen LogP contribution in [0.2, 0.25) is 0 Å². The Bertz CT molecular complexity index is 1230. The molecule has 0 heterocycles. The lowest BCUT2D eigenvalue weighted by Gasteiger charge is -2.09. The number of amides is 2. The predicted octanol–water partition coefficient (Wildman–Crippen LogP) is 3.24. The largest absolute Gasteiger partial charge is 0.352 e. The normalized spacial score (nSPS) is 11.1. The third-order valence-corrected chi connectivity index (χ3v) is 6.22. The Kier molecular flexibility index (Phi) is 7.92. The third kappa shape index (κ3) is 6.96. The lowest BCUT2D eigenvalue weighted by Crippen LogP contribution is -2.26. The van der Waals surface area contributed by atoms with Gasteiger partial charge < -0.3 is 10.6 Å². The van der Waals surface area contributed by atoms with E-state index in [1.54, 1.807) is 42.5 Å². The van der Waals surface area contributed by atoms with Gasteiger partial charge in [0.05, 0.1) is 4.90 Å². The van der Waals surface area contributed by atoms with E-state index in [1.807, 2.05) is 0 Å². The van der Waals surface area contributed by atoms with Crippen LogP contribution in [0.1, 0.15) is 28.4 Å². The number of benzene rings is 3. The van der Waals surface area contributed by atoms with E-state index in [0.717, 1.165) is 0 Å². The molecule has 0 spiro atoms. The lowest BCUT2D eigenvalue weighted by atomic mass is 10.1. The first kappa shape index (κ1) is 24.1. The summed E-state index contributed by atoms with van der Waals surface area (Å²) in [6, 6.07) is 18.8. The van der Waals surface area contributed by atoms with Crippen molar-refractivity contribution < 1.29 is 22.4 Å². The van der Waals surface area contributed by atoms with E-state index >= 15 is 0 Å². The molecule has 0 aliphatic rings. The van der Waals surface area contributed by atoms with Crippen LogP contribution in [0.25, 0.3) is 0 Å². The summed E-state index contributed by atoms with van der Waals surface area (Å²) in [7, 11) is -3.74. The Balaban J connectivity index is 1.51. The highest BCUT2D eigenvalue weighted by molar-refractivity contribution is 7.89. The molecule has 9 heteroatoms. The van der Waals surface area contributed by atoms with E-state index in [4.69, 9.17) is 0 Å². The van der Waals surface area contributed by atoms with Gasteiger partial charge in [0.2, 0.25) is 15.9 Å². The van der Waals surface area contributed by atoms with Gasteiger partial charge in [-0.2, -0.15) is 0 Å². The van der Waals surface area contributed by atoms with Gasteiger partial charge >= 0.3 is 0 Å². The Hall–Kier alpha value is -3.56. The topological polar surface area (TPSA) is 104 Å². The SMILES string of the molecule is CC(=O)Nc1ccc(S(=O)(=O)NCc2ccc(C(=O)NCCc3ccccc3F)cc2)cc1. The van der Waals surface area contributed by atoms with Crippen molar-refractivity contribution in [3.05, 3.63) is 95.3 Å². The van der Waals surface area contributed by atoms with Gasteiger partial charge in [0, 0.05) is 31.3 Å². The zero-order valence-electron chi connectivity index (χ0n) is 18.0. The van der Waals surface area contributed by atoms with E-state index in [9.17, 15) is 22.4 Å². The summed E-state index contributed by atoms with van der Waals surface area (Å²) in [5.41, 5.74) is 2.13. The molecular weight excluding hydrogens is 445 g/mol. The average molecular weight is 470 g/mol. The average Bonchev–Trinajstić information content (AvgIpc) is 2.79. The van der Waals surface area contributed by atoms with Crippen LogP contribution in [-0.4, -0.2) is 26.8 Å². The molecule has 0 unspecified atom stereocenters. The Labute approximate surface area is 192 Å². The second kappa shape index (κ2) is 10.8. The van der Waals surface area contributed by atoms with Crippen LogP contribution in [0.4, 0.5) is 10.1 Å². The number of carbonyl (C=O) groups excluding carboxylic acids is 2. The van der Waals surface area contributed by atoms with Crippen LogP contribution in [0.3, 0.4) is 0 Å². The van der Waals surface area contributed by atoms with Gasteiger partial charge in [-0.05, 0) is 60.0 Å². The Morgan fingerprint density at radius 2 is 1.58 bits per heavy atom. The second-order valence-electron chi connectivity index (χ2n) is 7.32. The second-order valence-corrected chi connectivity index (χ2v) is 9.09. The van der Waals surface area contributed by atoms with E-state index in [1.165, 1.54) is 37.3 Å². The molecule has 3 rings (SSSR count). The number of halogens is 1. The van der Waals surface area contributed by atoms with Crippen molar-refractivity contribution in [3.8, 4) is 0 Å². The van der Waals surface area contributed by atoms with Gasteiger partial charge in [-0.3, -0.25) is 9.59 Å². The van der Waals surface area contributed by atoms with Crippen molar-refractivity contribution in [3.63, 3.8) is 0 Å². The molecule has 0 atom stereocenters. The van der Waals surface area contributed by atoms with Gasteiger partial charge in [-0.25, -0.2) is 17.5 Å². The minimum absolute atomic E-state index is 0.0466. The first-order valence-electron chi connectivity index (χ1n) is 10.2. The molecule has 33 heavy (non-hydrogen) atoms. The highest BCUT2D eigenvalue weighted by atomic mass is 32.2. The molecule has 0 saturated heterocycles. The molecule has 3 aromatic carbocycles. The fraction of sp³-hybridized carbons (Fsp3) is 0.167. The number of hydrogen-bond acceptors (Lipinski definition) is 4. The maximum Gasteiger partial charge on any atom is 0.251 e. The summed E-state index contributed by atoms with van der Waals surface area (Å²) in [6.07, 6.45) is 0.379. The highest BCUT2D eigenvalue weighted by Crippen LogP contribution is 2.15. The summed E-state index contributed by atoms with van der Waals surface area (Å²) in [6.45, 7) is 1.71. The molecule has 0 aliphatic heterocycles. The molecule has 0 saturated carbocycles. The zero-order chi connectivity index (χ0) is 23.8. The van der Waals surface area contributed by atoms with Crippen LogP contribution >= 0.6 is 0 Å². The van der Waals surface area contributed by atoms with Crippen LogP contribution < -0.4 is 15.4 Å². The predicted molar refractivity (Wildman–Crippen MR) is 124 cm³/mol. The molecule has 0 radical (unpaired) electrons. The number of hydrogen-bond donors (Lipinski definition) is 3. The summed E-state index contributed by atoms with van der Waals surface area (Å²) in [5.74, 6) is -0.842. The number of sulfonamides is 1. The minimum atomic E-state index is -3.74. The molecule has 0 fully saturated rings. The monoisotopic (exact) mass is 469 g/mol. The quantitative estimate of drug-likeness (QED) is 0.448. The zero-order valence-corrected chi connectivity index (χ0v) is 18.8. The summed E-state index contributed by atoms with van der Waals surface area (Å²) >= 11 is 0.